The Balaban J connectivity index is 2.21. The maximum atomic E-state index is 14.2. The first-order valence-corrected chi connectivity index (χ1v) is 7.57. The highest BCUT2D eigenvalue weighted by Crippen LogP contribution is 2.43. The van der Waals surface area contributed by atoms with Crippen LogP contribution >= 0.6 is 0 Å². The van der Waals surface area contributed by atoms with Gasteiger partial charge in [-0.25, -0.2) is 4.39 Å². The van der Waals surface area contributed by atoms with Gasteiger partial charge in [0.2, 0.25) is 0 Å². The van der Waals surface area contributed by atoms with Gasteiger partial charge >= 0.3 is 0 Å². The second-order valence-corrected chi connectivity index (χ2v) is 6.79. The Morgan fingerprint density at radius 2 is 1.77 bits per heavy atom. The zero-order valence-corrected chi connectivity index (χ0v) is 13.5. The van der Waals surface area contributed by atoms with Crippen LogP contribution in [0.2, 0.25) is 0 Å². The molecule has 0 fully saturated rings. The molecular formula is C20H21FO. The third-order valence-electron chi connectivity index (χ3n) is 4.23. The molecule has 0 N–H and O–H groups in total. The first kappa shape index (κ1) is 14.8. The number of fused-ring (bicyclic) bond motifs is 1. The van der Waals surface area contributed by atoms with E-state index in [1.807, 2.05) is 12.1 Å². The first-order valence-electron chi connectivity index (χ1n) is 7.57. The van der Waals surface area contributed by atoms with Crippen LogP contribution in [0.25, 0.3) is 6.08 Å². The predicted octanol–water partition coefficient (Wildman–Crippen LogP) is 5.29. The summed E-state index contributed by atoms with van der Waals surface area (Å²) in [5.74, 6) is 0.627. The van der Waals surface area contributed by atoms with E-state index in [4.69, 9.17) is 4.74 Å². The molecule has 0 amide bonds. The first-order chi connectivity index (χ1) is 10.4. The summed E-state index contributed by atoms with van der Waals surface area (Å²) in [4.78, 5) is 0. The number of ether oxygens (including phenoxy) is 1. The monoisotopic (exact) mass is 296 g/mol. The van der Waals surface area contributed by atoms with Crippen LogP contribution in [0.15, 0.2) is 42.5 Å². The minimum absolute atomic E-state index is 0.0444. The van der Waals surface area contributed by atoms with Gasteiger partial charge in [0, 0.05) is 17.0 Å². The van der Waals surface area contributed by atoms with Crippen LogP contribution in [0.3, 0.4) is 0 Å². The van der Waals surface area contributed by atoms with Crippen LogP contribution in [0.5, 0.6) is 5.75 Å². The minimum atomic E-state index is -0.210. The van der Waals surface area contributed by atoms with E-state index in [1.165, 1.54) is 11.1 Å². The highest BCUT2D eigenvalue weighted by molar-refractivity contribution is 5.67. The Bertz CT molecular complexity index is 738. The third-order valence-corrected chi connectivity index (χ3v) is 4.23. The van der Waals surface area contributed by atoms with Crippen molar-refractivity contribution < 1.29 is 9.13 Å². The van der Waals surface area contributed by atoms with Gasteiger partial charge in [-0.3, -0.25) is 0 Å². The van der Waals surface area contributed by atoms with E-state index in [2.05, 4.69) is 45.1 Å². The van der Waals surface area contributed by atoms with Crippen LogP contribution in [-0.4, -0.2) is 7.11 Å². The molecule has 2 heteroatoms. The van der Waals surface area contributed by atoms with Gasteiger partial charge in [-0.05, 0) is 28.7 Å². The molecule has 1 nitrogen and oxygen atoms in total. The molecule has 1 unspecified atom stereocenters. The van der Waals surface area contributed by atoms with E-state index in [0.717, 1.165) is 16.9 Å². The quantitative estimate of drug-likeness (QED) is 0.731. The molecule has 1 aliphatic rings. The molecule has 0 spiro atoms. The van der Waals surface area contributed by atoms with Gasteiger partial charge in [-0.1, -0.05) is 57.2 Å². The molecule has 0 aromatic heterocycles. The highest BCUT2D eigenvalue weighted by Gasteiger charge is 2.28. The number of methoxy groups -OCH3 is 1. The van der Waals surface area contributed by atoms with Crippen molar-refractivity contribution in [1.82, 2.24) is 0 Å². The summed E-state index contributed by atoms with van der Waals surface area (Å²) >= 11 is 0. The zero-order valence-electron chi connectivity index (χ0n) is 13.5. The lowest BCUT2D eigenvalue weighted by Gasteiger charge is -2.26. The largest absolute Gasteiger partial charge is 0.496 e. The van der Waals surface area contributed by atoms with Crippen LogP contribution in [-0.2, 0) is 5.41 Å². The fraction of sp³-hybridized carbons (Fsp3) is 0.300. The number of benzene rings is 2. The molecule has 0 radical (unpaired) electrons. The summed E-state index contributed by atoms with van der Waals surface area (Å²) in [5.41, 5.74) is 4.02. The molecule has 1 aliphatic carbocycles. The SMILES string of the molecule is COc1c(C2C=Cc3ccccc32)cc(F)cc1C(C)(C)C. The molecule has 2 aromatic carbocycles. The number of allylic oxidation sites excluding steroid dienone is 1. The Kier molecular flexibility index (Phi) is 3.56. The molecule has 2 aromatic rings. The second kappa shape index (κ2) is 5.28. The maximum absolute atomic E-state index is 14.2. The summed E-state index contributed by atoms with van der Waals surface area (Å²) < 4.78 is 19.9. The molecule has 0 aliphatic heterocycles. The maximum Gasteiger partial charge on any atom is 0.126 e. The van der Waals surface area contributed by atoms with E-state index in [1.54, 1.807) is 19.2 Å². The second-order valence-electron chi connectivity index (χ2n) is 6.79. The smallest absolute Gasteiger partial charge is 0.126 e. The Hall–Kier alpha value is -2.09. The molecule has 0 saturated heterocycles. The lowest BCUT2D eigenvalue weighted by atomic mass is 9.82. The van der Waals surface area contributed by atoms with Crippen LogP contribution in [0.4, 0.5) is 4.39 Å². The third kappa shape index (κ3) is 2.43. The van der Waals surface area contributed by atoms with Gasteiger partial charge < -0.3 is 4.74 Å². The molecule has 1 atom stereocenters. The van der Waals surface area contributed by atoms with Gasteiger partial charge in [0.25, 0.3) is 0 Å². The Morgan fingerprint density at radius 3 is 2.45 bits per heavy atom. The van der Waals surface area contributed by atoms with Crippen molar-refractivity contribution in [3.05, 3.63) is 70.5 Å². The van der Waals surface area contributed by atoms with E-state index in [9.17, 15) is 4.39 Å². The number of halogens is 1. The zero-order chi connectivity index (χ0) is 15.9. The average Bonchev–Trinajstić information content (AvgIpc) is 2.89. The fourth-order valence-electron chi connectivity index (χ4n) is 3.15. The van der Waals surface area contributed by atoms with Crippen molar-refractivity contribution in [3.8, 4) is 5.75 Å². The summed E-state index contributed by atoms with van der Waals surface area (Å²) in [7, 11) is 1.66. The molecular weight excluding hydrogens is 275 g/mol. The van der Waals surface area contributed by atoms with E-state index < -0.39 is 0 Å². The van der Waals surface area contributed by atoms with Crippen LogP contribution < -0.4 is 4.74 Å². The minimum Gasteiger partial charge on any atom is -0.496 e. The average molecular weight is 296 g/mol. The van der Waals surface area contributed by atoms with Gasteiger partial charge in [0.15, 0.2) is 0 Å². The van der Waals surface area contributed by atoms with Gasteiger partial charge in [-0.2, -0.15) is 0 Å². The van der Waals surface area contributed by atoms with Crippen molar-refractivity contribution >= 4 is 6.08 Å². The molecule has 22 heavy (non-hydrogen) atoms. The summed E-state index contributed by atoms with van der Waals surface area (Å²) in [6.45, 7) is 6.23. The predicted molar refractivity (Wildman–Crippen MR) is 89.0 cm³/mol. The van der Waals surface area contributed by atoms with E-state index >= 15 is 0 Å². The highest BCUT2D eigenvalue weighted by atomic mass is 19.1. The number of hydrogen-bond donors (Lipinski definition) is 0. The molecule has 0 heterocycles. The summed E-state index contributed by atoms with van der Waals surface area (Å²) in [6, 6.07) is 11.4. The topological polar surface area (TPSA) is 9.23 Å². The molecule has 0 saturated carbocycles. The van der Waals surface area contributed by atoms with Crippen molar-refractivity contribution in [2.45, 2.75) is 32.1 Å². The summed E-state index contributed by atoms with van der Waals surface area (Å²) in [6.07, 6.45) is 4.22. The Morgan fingerprint density at radius 1 is 1.05 bits per heavy atom. The van der Waals surface area contributed by atoms with Crippen LogP contribution in [0, 0.1) is 5.82 Å². The van der Waals surface area contributed by atoms with Crippen molar-refractivity contribution in [2.24, 2.45) is 0 Å². The van der Waals surface area contributed by atoms with Gasteiger partial charge in [0.1, 0.15) is 11.6 Å². The van der Waals surface area contributed by atoms with E-state index in [0.29, 0.717) is 0 Å². The molecule has 114 valence electrons. The molecule has 0 bridgehead atoms. The van der Waals surface area contributed by atoms with Gasteiger partial charge in [-0.15, -0.1) is 0 Å². The van der Waals surface area contributed by atoms with Crippen LogP contribution in [0.1, 0.15) is 48.9 Å². The number of rotatable bonds is 2. The van der Waals surface area contributed by atoms with Crippen molar-refractivity contribution in [3.63, 3.8) is 0 Å². The normalized spacial score (nSPS) is 16.7. The molecule has 3 rings (SSSR count). The fourth-order valence-corrected chi connectivity index (χ4v) is 3.15. The van der Waals surface area contributed by atoms with E-state index in [-0.39, 0.29) is 17.2 Å². The lowest BCUT2D eigenvalue weighted by Crippen LogP contribution is -2.15. The number of hydrogen-bond acceptors (Lipinski definition) is 1. The summed E-state index contributed by atoms with van der Waals surface area (Å²) in [5, 5.41) is 0. The standard InChI is InChI=1S/C20H21FO/c1-20(2,3)18-12-14(21)11-17(19(18)22-4)16-10-9-13-7-5-6-8-15(13)16/h5-12,16H,1-4H3. The lowest BCUT2D eigenvalue weighted by molar-refractivity contribution is 0.390. The van der Waals surface area contributed by atoms with Crippen molar-refractivity contribution in [2.75, 3.05) is 7.11 Å². The van der Waals surface area contributed by atoms with Crippen molar-refractivity contribution in [1.29, 1.82) is 0 Å². The van der Waals surface area contributed by atoms with Gasteiger partial charge in [0.05, 0.1) is 7.11 Å². The Labute approximate surface area is 131 Å².